The average Bonchev–Trinajstić information content (AvgIpc) is 2.95. The molecule has 0 radical (unpaired) electrons. The van der Waals surface area contributed by atoms with Crippen molar-refractivity contribution in [3.63, 3.8) is 0 Å². The maximum absolute atomic E-state index is 5.65. The molecular formula is C16H29NOS. The third kappa shape index (κ3) is 8.40. The van der Waals surface area contributed by atoms with Gasteiger partial charge in [-0.25, -0.2) is 0 Å². The molecule has 0 spiro atoms. The Labute approximate surface area is 122 Å². The van der Waals surface area contributed by atoms with Gasteiger partial charge in [-0.15, -0.1) is 11.3 Å². The minimum atomic E-state index is 0.442. The lowest BCUT2D eigenvalue weighted by Gasteiger charge is -2.12. The van der Waals surface area contributed by atoms with E-state index >= 15 is 0 Å². The van der Waals surface area contributed by atoms with Crippen LogP contribution in [-0.4, -0.2) is 19.8 Å². The smallest absolute Gasteiger partial charge is 0.0591 e. The third-order valence-corrected chi connectivity index (χ3v) is 4.36. The van der Waals surface area contributed by atoms with Gasteiger partial charge in [-0.1, -0.05) is 45.1 Å². The van der Waals surface area contributed by atoms with Gasteiger partial charge in [-0.05, 0) is 24.8 Å². The lowest BCUT2D eigenvalue weighted by atomic mass is 10.1. The lowest BCUT2D eigenvalue weighted by molar-refractivity contribution is 0.130. The number of rotatable bonds is 12. The highest BCUT2D eigenvalue weighted by Crippen LogP contribution is 2.17. The summed E-state index contributed by atoms with van der Waals surface area (Å²) < 4.78 is 5.65. The quantitative estimate of drug-likeness (QED) is 0.558. The number of unbranched alkanes of at least 4 members (excludes halogenated alkanes) is 5. The van der Waals surface area contributed by atoms with E-state index < -0.39 is 0 Å². The maximum Gasteiger partial charge on any atom is 0.0591 e. The Morgan fingerprint density at radius 1 is 1.16 bits per heavy atom. The molecule has 3 heteroatoms. The van der Waals surface area contributed by atoms with E-state index in [4.69, 9.17) is 4.74 Å². The summed E-state index contributed by atoms with van der Waals surface area (Å²) in [7, 11) is 0. The van der Waals surface area contributed by atoms with Gasteiger partial charge >= 0.3 is 0 Å². The van der Waals surface area contributed by atoms with Crippen molar-refractivity contribution in [1.29, 1.82) is 0 Å². The fourth-order valence-corrected chi connectivity index (χ4v) is 2.83. The first-order valence-corrected chi connectivity index (χ1v) is 8.57. The average molecular weight is 283 g/mol. The molecule has 0 saturated carbocycles. The number of hydrogen-bond donors (Lipinski definition) is 1. The SMILES string of the molecule is CCCCCCCCOCCNC(C)c1cccs1. The van der Waals surface area contributed by atoms with Crippen LogP contribution < -0.4 is 5.32 Å². The molecule has 0 fully saturated rings. The van der Waals surface area contributed by atoms with Crippen LogP contribution >= 0.6 is 11.3 Å². The third-order valence-electron chi connectivity index (χ3n) is 3.31. The Morgan fingerprint density at radius 3 is 2.68 bits per heavy atom. The Kier molecular flexibility index (Phi) is 10.0. The summed E-state index contributed by atoms with van der Waals surface area (Å²) in [4.78, 5) is 1.40. The molecule has 1 atom stereocenters. The summed E-state index contributed by atoms with van der Waals surface area (Å²) in [6.45, 7) is 7.15. The van der Waals surface area contributed by atoms with Crippen molar-refractivity contribution < 1.29 is 4.74 Å². The zero-order valence-corrected chi connectivity index (χ0v) is 13.3. The predicted molar refractivity (Wildman–Crippen MR) is 84.9 cm³/mol. The van der Waals surface area contributed by atoms with E-state index in [1.165, 1.54) is 43.4 Å². The second-order valence-electron chi connectivity index (χ2n) is 5.07. The van der Waals surface area contributed by atoms with E-state index in [1.807, 2.05) is 11.3 Å². The molecule has 0 bridgehead atoms. The van der Waals surface area contributed by atoms with Gasteiger partial charge in [0.15, 0.2) is 0 Å². The summed E-state index contributed by atoms with van der Waals surface area (Å²) in [6.07, 6.45) is 7.99. The summed E-state index contributed by atoms with van der Waals surface area (Å²) >= 11 is 1.81. The predicted octanol–water partition coefficient (Wildman–Crippen LogP) is 4.78. The molecule has 0 saturated heterocycles. The Hall–Kier alpha value is -0.380. The summed E-state index contributed by atoms with van der Waals surface area (Å²) in [5.74, 6) is 0. The molecule has 110 valence electrons. The van der Waals surface area contributed by atoms with Crippen LogP contribution in [0.5, 0.6) is 0 Å². The first-order valence-electron chi connectivity index (χ1n) is 7.69. The van der Waals surface area contributed by atoms with Crippen LogP contribution in [0.4, 0.5) is 0 Å². The Bertz CT molecular complexity index is 287. The zero-order chi connectivity index (χ0) is 13.8. The van der Waals surface area contributed by atoms with Crippen LogP contribution in [0.1, 0.15) is 63.3 Å². The highest BCUT2D eigenvalue weighted by Gasteiger charge is 2.04. The zero-order valence-electron chi connectivity index (χ0n) is 12.5. The largest absolute Gasteiger partial charge is 0.380 e. The van der Waals surface area contributed by atoms with Crippen molar-refractivity contribution >= 4 is 11.3 Å². The lowest BCUT2D eigenvalue weighted by Crippen LogP contribution is -2.22. The minimum absolute atomic E-state index is 0.442. The van der Waals surface area contributed by atoms with Crippen LogP contribution in [0.15, 0.2) is 17.5 Å². The molecule has 1 aromatic heterocycles. The second kappa shape index (κ2) is 11.4. The summed E-state index contributed by atoms with van der Waals surface area (Å²) in [5.41, 5.74) is 0. The van der Waals surface area contributed by atoms with E-state index in [0.717, 1.165) is 19.8 Å². The summed E-state index contributed by atoms with van der Waals surface area (Å²) in [6, 6.07) is 4.73. The molecule has 1 rings (SSSR count). The van der Waals surface area contributed by atoms with Gasteiger partial charge in [-0.2, -0.15) is 0 Å². The van der Waals surface area contributed by atoms with Crippen molar-refractivity contribution in [2.45, 2.75) is 58.4 Å². The Balaban J connectivity index is 1.83. The van der Waals surface area contributed by atoms with E-state index in [1.54, 1.807) is 0 Å². The molecule has 0 amide bonds. The van der Waals surface area contributed by atoms with Crippen molar-refractivity contribution in [3.8, 4) is 0 Å². The van der Waals surface area contributed by atoms with Crippen molar-refractivity contribution in [1.82, 2.24) is 5.32 Å². The molecule has 0 aliphatic rings. The van der Waals surface area contributed by atoms with E-state index in [0.29, 0.717) is 6.04 Å². The van der Waals surface area contributed by atoms with Gasteiger partial charge in [0.25, 0.3) is 0 Å². The van der Waals surface area contributed by atoms with E-state index in [2.05, 4.69) is 36.7 Å². The fraction of sp³-hybridized carbons (Fsp3) is 0.750. The summed E-state index contributed by atoms with van der Waals surface area (Å²) in [5, 5.41) is 5.62. The van der Waals surface area contributed by atoms with Crippen LogP contribution in [0, 0.1) is 0 Å². The molecule has 0 aliphatic carbocycles. The molecule has 0 aromatic carbocycles. The molecule has 1 heterocycles. The Morgan fingerprint density at radius 2 is 1.95 bits per heavy atom. The van der Waals surface area contributed by atoms with Gasteiger partial charge in [0, 0.05) is 24.1 Å². The van der Waals surface area contributed by atoms with Crippen molar-refractivity contribution in [2.24, 2.45) is 0 Å². The molecule has 1 aromatic rings. The molecule has 2 nitrogen and oxygen atoms in total. The molecule has 1 N–H and O–H groups in total. The molecular weight excluding hydrogens is 254 g/mol. The number of ether oxygens (including phenoxy) is 1. The standard InChI is InChI=1S/C16H29NOS/c1-3-4-5-6-7-8-12-18-13-11-17-15(2)16-10-9-14-19-16/h9-10,14-15,17H,3-8,11-13H2,1-2H3. The normalized spacial score (nSPS) is 12.7. The minimum Gasteiger partial charge on any atom is -0.380 e. The number of nitrogens with one attached hydrogen (secondary N) is 1. The molecule has 19 heavy (non-hydrogen) atoms. The fourth-order valence-electron chi connectivity index (χ4n) is 2.07. The van der Waals surface area contributed by atoms with Gasteiger partial charge in [0.05, 0.1) is 6.61 Å². The highest BCUT2D eigenvalue weighted by atomic mass is 32.1. The number of hydrogen-bond acceptors (Lipinski definition) is 3. The topological polar surface area (TPSA) is 21.3 Å². The molecule has 0 aliphatic heterocycles. The van der Waals surface area contributed by atoms with E-state index in [9.17, 15) is 0 Å². The first-order chi connectivity index (χ1) is 9.34. The van der Waals surface area contributed by atoms with Crippen LogP contribution in [-0.2, 0) is 4.74 Å². The van der Waals surface area contributed by atoms with Crippen molar-refractivity contribution in [3.05, 3.63) is 22.4 Å². The first kappa shape index (κ1) is 16.7. The second-order valence-corrected chi connectivity index (χ2v) is 6.05. The van der Waals surface area contributed by atoms with Gasteiger partial charge in [-0.3, -0.25) is 0 Å². The monoisotopic (exact) mass is 283 g/mol. The van der Waals surface area contributed by atoms with Crippen LogP contribution in [0.2, 0.25) is 0 Å². The maximum atomic E-state index is 5.65. The molecule has 1 unspecified atom stereocenters. The van der Waals surface area contributed by atoms with Gasteiger partial charge in [0.2, 0.25) is 0 Å². The van der Waals surface area contributed by atoms with Gasteiger partial charge < -0.3 is 10.1 Å². The van der Waals surface area contributed by atoms with E-state index in [-0.39, 0.29) is 0 Å². The van der Waals surface area contributed by atoms with Crippen molar-refractivity contribution in [2.75, 3.05) is 19.8 Å². The van der Waals surface area contributed by atoms with Crippen LogP contribution in [0.3, 0.4) is 0 Å². The highest BCUT2D eigenvalue weighted by molar-refractivity contribution is 7.10. The number of thiophene rings is 1. The van der Waals surface area contributed by atoms with Gasteiger partial charge in [0.1, 0.15) is 0 Å². The van der Waals surface area contributed by atoms with Crippen LogP contribution in [0.25, 0.3) is 0 Å².